The van der Waals surface area contributed by atoms with Crippen molar-refractivity contribution in [1.82, 2.24) is 9.80 Å². The molecule has 0 unspecified atom stereocenters. The molecule has 2 amide bonds. The molecule has 1 fully saturated rings. The van der Waals surface area contributed by atoms with Crippen molar-refractivity contribution in [3.63, 3.8) is 0 Å². The Hall–Kier alpha value is -1.89. The van der Waals surface area contributed by atoms with Crippen molar-refractivity contribution >= 4 is 29.1 Å². The van der Waals surface area contributed by atoms with Crippen molar-refractivity contribution in [2.75, 3.05) is 19.6 Å². The molecule has 0 saturated carbocycles. The molecule has 1 aliphatic heterocycles. The van der Waals surface area contributed by atoms with Gasteiger partial charge in [0.2, 0.25) is 5.91 Å². The maximum absolute atomic E-state index is 12.4. The first-order valence-corrected chi connectivity index (χ1v) is 8.24. The number of carboxylic acids is 1. The molecule has 0 bridgehead atoms. The highest BCUT2D eigenvalue weighted by Crippen LogP contribution is 2.19. The lowest BCUT2D eigenvalue weighted by atomic mass is 10.1. The van der Waals surface area contributed by atoms with Gasteiger partial charge in [0, 0.05) is 31.4 Å². The van der Waals surface area contributed by atoms with E-state index >= 15 is 0 Å². The summed E-state index contributed by atoms with van der Waals surface area (Å²) in [5.41, 5.74) is 0.692. The predicted molar refractivity (Wildman–Crippen MR) is 82.9 cm³/mol. The number of carboxylic acid groups (broad SMARTS) is 1. The molecule has 1 aromatic heterocycles. The summed E-state index contributed by atoms with van der Waals surface area (Å²) in [5.74, 6) is -1.23. The molecule has 6 nitrogen and oxygen atoms in total. The summed E-state index contributed by atoms with van der Waals surface area (Å²) in [6.07, 6.45) is 2.10. The second-order valence-corrected chi connectivity index (χ2v) is 6.21. The Morgan fingerprint density at radius 3 is 2.73 bits per heavy atom. The van der Waals surface area contributed by atoms with E-state index in [0.717, 1.165) is 12.8 Å². The minimum atomic E-state index is -1.01. The quantitative estimate of drug-likeness (QED) is 0.914. The van der Waals surface area contributed by atoms with E-state index < -0.39 is 5.97 Å². The summed E-state index contributed by atoms with van der Waals surface area (Å²) < 4.78 is 0. The minimum Gasteiger partial charge on any atom is -0.480 e. The molecule has 0 aliphatic carbocycles. The average Bonchev–Trinajstić information content (AvgIpc) is 2.89. The normalized spacial score (nSPS) is 18.6. The number of carbonyl (C=O) groups excluding carboxylic acids is 2. The van der Waals surface area contributed by atoms with Gasteiger partial charge in [0.1, 0.15) is 6.54 Å². The predicted octanol–water partition coefficient (Wildman–Crippen LogP) is 1.68. The van der Waals surface area contributed by atoms with Gasteiger partial charge in [-0.05, 0) is 30.7 Å². The van der Waals surface area contributed by atoms with Crippen LogP contribution < -0.4 is 0 Å². The Morgan fingerprint density at radius 1 is 1.36 bits per heavy atom. The molecular weight excluding hydrogens is 304 g/mol. The van der Waals surface area contributed by atoms with E-state index in [1.807, 2.05) is 16.8 Å². The number of thiophene rings is 1. The molecule has 22 heavy (non-hydrogen) atoms. The van der Waals surface area contributed by atoms with Crippen molar-refractivity contribution < 1.29 is 19.5 Å². The Labute approximate surface area is 133 Å². The van der Waals surface area contributed by atoms with Crippen LogP contribution >= 0.6 is 11.3 Å². The van der Waals surface area contributed by atoms with Crippen LogP contribution in [-0.2, 0) is 9.59 Å². The molecule has 1 aromatic rings. The van der Waals surface area contributed by atoms with E-state index in [-0.39, 0.29) is 24.4 Å². The largest absolute Gasteiger partial charge is 0.480 e. The van der Waals surface area contributed by atoms with Crippen LogP contribution in [0, 0.1) is 0 Å². The van der Waals surface area contributed by atoms with Crippen LogP contribution in [0.25, 0.3) is 0 Å². The van der Waals surface area contributed by atoms with Crippen LogP contribution in [0.4, 0.5) is 0 Å². The van der Waals surface area contributed by atoms with Crippen molar-refractivity contribution in [1.29, 1.82) is 0 Å². The van der Waals surface area contributed by atoms with Gasteiger partial charge in [-0.3, -0.25) is 14.4 Å². The third kappa shape index (κ3) is 4.07. The van der Waals surface area contributed by atoms with Gasteiger partial charge in [-0.25, -0.2) is 0 Å². The molecule has 1 saturated heterocycles. The number of hydrogen-bond acceptors (Lipinski definition) is 4. The lowest BCUT2D eigenvalue weighted by Gasteiger charge is -2.28. The van der Waals surface area contributed by atoms with Gasteiger partial charge in [-0.15, -0.1) is 0 Å². The zero-order valence-electron chi connectivity index (χ0n) is 12.5. The lowest BCUT2D eigenvalue weighted by Crippen LogP contribution is -2.43. The Bertz CT molecular complexity index is 544. The fourth-order valence-corrected chi connectivity index (χ4v) is 3.44. The number of aliphatic carboxylic acids is 1. The summed E-state index contributed by atoms with van der Waals surface area (Å²) in [6.45, 7) is 2.30. The van der Waals surface area contributed by atoms with Crippen LogP contribution in [0.15, 0.2) is 16.8 Å². The molecule has 1 aliphatic rings. The van der Waals surface area contributed by atoms with Crippen molar-refractivity contribution in [2.24, 2.45) is 0 Å². The van der Waals surface area contributed by atoms with Crippen molar-refractivity contribution in [2.45, 2.75) is 32.2 Å². The van der Waals surface area contributed by atoms with Crippen LogP contribution in [-0.4, -0.2) is 58.4 Å². The van der Waals surface area contributed by atoms with Crippen LogP contribution in [0.2, 0.25) is 0 Å². The van der Waals surface area contributed by atoms with E-state index in [1.54, 1.807) is 4.90 Å². The van der Waals surface area contributed by atoms with E-state index in [4.69, 9.17) is 5.11 Å². The first-order valence-electron chi connectivity index (χ1n) is 7.29. The molecule has 1 N–H and O–H groups in total. The SMILES string of the molecule is CC(=O)N(CC(=O)O)[C@@H]1CCCN(C(=O)c2ccsc2)CC1. The molecule has 120 valence electrons. The fraction of sp³-hybridized carbons (Fsp3) is 0.533. The first-order chi connectivity index (χ1) is 10.5. The monoisotopic (exact) mass is 324 g/mol. The van der Waals surface area contributed by atoms with E-state index in [2.05, 4.69) is 0 Å². The molecule has 2 rings (SSSR count). The van der Waals surface area contributed by atoms with Crippen LogP contribution in [0.3, 0.4) is 0 Å². The molecule has 7 heteroatoms. The highest BCUT2D eigenvalue weighted by Gasteiger charge is 2.27. The third-order valence-corrected chi connectivity index (χ3v) is 4.59. The third-order valence-electron chi connectivity index (χ3n) is 3.90. The summed E-state index contributed by atoms with van der Waals surface area (Å²) >= 11 is 1.49. The van der Waals surface area contributed by atoms with Gasteiger partial charge in [0.15, 0.2) is 0 Å². The maximum Gasteiger partial charge on any atom is 0.323 e. The number of likely N-dealkylation sites (tertiary alicyclic amines) is 1. The highest BCUT2D eigenvalue weighted by molar-refractivity contribution is 7.08. The van der Waals surface area contributed by atoms with E-state index in [1.165, 1.54) is 23.2 Å². The molecule has 1 atom stereocenters. The summed E-state index contributed by atoms with van der Waals surface area (Å²) in [7, 11) is 0. The topological polar surface area (TPSA) is 77.9 Å². The molecule has 0 spiro atoms. The summed E-state index contributed by atoms with van der Waals surface area (Å²) in [4.78, 5) is 38.1. The minimum absolute atomic E-state index is 0.00881. The lowest BCUT2D eigenvalue weighted by molar-refractivity contribution is -0.145. The molecule has 0 aromatic carbocycles. The Kier molecular flexibility index (Phi) is 5.54. The van der Waals surface area contributed by atoms with E-state index in [9.17, 15) is 14.4 Å². The number of hydrogen-bond donors (Lipinski definition) is 1. The fourth-order valence-electron chi connectivity index (χ4n) is 2.81. The van der Waals surface area contributed by atoms with Crippen molar-refractivity contribution in [3.05, 3.63) is 22.4 Å². The van der Waals surface area contributed by atoms with Gasteiger partial charge in [0.25, 0.3) is 5.91 Å². The van der Waals surface area contributed by atoms with Crippen LogP contribution in [0.5, 0.6) is 0 Å². The molecular formula is C15H20N2O4S. The highest BCUT2D eigenvalue weighted by atomic mass is 32.1. The van der Waals surface area contributed by atoms with Crippen LogP contribution in [0.1, 0.15) is 36.5 Å². The Morgan fingerprint density at radius 2 is 2.14 bits per heavy atom. The second kappa shape index (κ2) is 7.40. The number of amides is 2. The first kappa shape index (κ1) is 16.5. The van der Waals surface area contributed by atoms with Gasteiger partial charge >= 0.3 is 5.97 Å². The zero-order valence-corrected chi connectivity index (χ0v) is 13.3. The standard InChI is InChI=1S/C15H20N2O4S/c1-11(18)17(9-14(19)20)13-3-2-6-16(7-4-13)15(21)12-5-8-22-10-12/h5,8,10,13H,2-4,6-7,9H2,1H3,(H,19,20)/t13-/m1/s1. The van der Waals surface area contributed by atoms with E-state index in [0.29, 0.717) is 25.1 Å². The van der Waals surface area contributed by atoms with Gasteiger partial charge < -0.3 is 14.9 Å². The number of nitrogens with zero attached hydrogens (tertiary/aromatic N) is 2. The van der Waals surface area contributed by atoms with Gasteiger partial charge in [-0.1, -0.05) is 0 Å². The summed E-state index contributed by atoms with van der Waals surface area (Å²) in [5, 5.41) is 12.6. The Balaban J connectivity index is 2.01. The number of rotatable bonds is 4. The molecule has 0 radical (unpaired) electrons. The average molecular weight is 324 g/mol. The number of carbonyl (C=O) groups is 3. The second-order valence-electron chi connectivity index (χ2n) is 5.43. The molecule has 2 heterocycles. The maximum atomic E-state index is 12.4. The zero-order chi connectivity index (χ0) is 16.1. The van der Waals surface area contributed by atoms with Gasteiger partial charge in [-0.2, -0.15) is 11.3 Å². The van der Waals surface area contributed by atoms with Gasteiger partial charge in [0.05, 0.1) is 5.56 Å². The smallest absolute Gasteiger partial charge is 0.323 e. The summed E-state index contributed by atoms with van der Waals surface area (Å²) in [6, 6.07) is 1.69. The van der Waals surface area contributed by atoms with Crippen molar-refractivity contribution in [3.8, 4) is 0 Å².